The second-order valence-corrected chi connectivity index (χ2v) is 10.0. The molecule has 1 fully saturated rings. The van der Waals surface area contributed by atoms with E-state index >= 15 is 0 Å². The third-order valence-electron chi connectivity index (χ3n) is 5.31. The van der Waals surface area contributed by atoms with Crippen LogP contribution in [0.2, 0.25) is 0 Å². The van der Waals surface area contributed by atoms with Crippen LogP contribution in [0.3, 0.4) is 0 Å². The van der Waals surface area contributed by atoms with Crippen LogP contribution in [-0.2, 0) is 27.7 Å². The standard InChI is InChI=1S/C23H32N4O2S/c1-18(2)27-30(28,29)16-20-11-9-19(10-12-20)15-25-22(24-3)26-17-23(13-14-23)21-7-5-4-6-8-21/h4-12,18,27H,13-17H2,1-3H3,(H2,24,25,26). The summed E-state index contributed by atoms with van der Waals surface area (Å²) in [5, 5.41) is 6.79. The van der Waals surface area contributed by atoms with Crippen molar-refractivity contribution >= 4 is 16.0 Å². The fourth-order valence-electron chi connectivity index (χ4n) is 3.54. The number of rotatable bonds is 9. The zero-order chi connectivity index (χ0) is 21.6. The molecule has 0 aromatic heterocycles. The van der Waals surface area contributed by atoms with Gasteiger partial charge in [0.05, 0.1) is 5.75 Å². The van der Waals surface area contributed by atoms with Gasteiger partial charge in [0.1, 0.15) is 0 Å². The molecule has 30 heavy (non-hydrogen) atoms. The summed E-state index contributed by atoms with van der Waals surface area (Å²) in [4.78, 5) is 4.33. The summed E-state index contributed by atoms with van der Waals surface area (Å²) in [5.74, 6) is 0.758. The molecular formula is C23H32N4O2S. The lowest BCUT2D eigenvalue weighted by Crippen LogP contribution is -2.40. The summed E-state index contributed by atoms with van der Waals surface area (Å²) in [6.07, 6.45) is 2.38. The van der Waals surface area contributed by atoms with Crippen molar-refractivity contribution in [1.82, 2.24) is 15.4 Å². The highest BCUT2D eigenvalue weighted by Gasteiger charge is 2.43. The zero-order valence-electron chi connectivity index (χ0n) is 18.0. The lowest BCUT2D eigenvalue weighted by Gasteiger charge is -2.19. The smallest absolute Gasteiger partial charge is 0.216 e. The van der Waals surface area contributed by atoms with Crippen molar-refractivity contribution in [2.75, 3.05) is 13.6 Å². The van der Waals surface area contributed by atoms with E-state index in [0.29, 0.717) is 6.54 Å². The third-order valence-corrected chi connectivity index (χ3v) is 6.86. The molecule has 1 aliphatic carbocycles. The van der Waals surface area contributed by atoms with E-state index in [9.17, 15) is 8.42 Å². The van der Waals surface area contributed by atoms with Crippen LogP contribution < -0.4 is 15.4 Å². The maximum atomic E-state index is 12.1. The number of aliphatic imine (C=N–C) groups is 1. The summed E-state index contributed by atoms with van der Waals surface area (Å²) < 4.78 is 26.7. The molecule has 0 atom stereocenters. The lowest BCUT2D eigenvalue weighted by molar-refractivity contribution is 0.569. The normalized spacial score (nSPS) is 15.8. The van der Waals surface area contributed by atoms with Gasteiger partial charge in [-0.15, -0.1) is 0 Å². The SMILES string of the molecule is CN=C(NCc1ccc(CS(=O)(=O)NC(C)C)cc1)NCC1(c2ccccc2)CC1. The highest BCUT2D eigenvalue weighted by atomic mass is 32.2. The number of benzene rings is 2. The summed E-state index contributed by atoms with van der Waals surface area (Å²) in [7, 11) is -1.54. The quantitative estimate of drug-likeness (QED) is 0.424. The van der Waals surface area contributed by atoms with Gasteiger partial charge in [0.25, 0.3) is 0 Å². The van der Waals surface area contributed by atoms with Gasteiger partial charge in [-0.3, -0.25) is 4.99 Å². The van der Waals surface area contributed by atoms with E-state index in [1.54, 1.807) is 7.05 Å². The molecule has 0 aliphatic heterocycles. The Kier molecular flexibility index (Phi) is 7.15. The average molecular weight is 429 g/mol. The summed E-state index contributed by atoms with van der Waals surface area (Å²) >= 11 is 0. The fourth-order valence-corrected chi connectivity index (χ4v) is 4.98. The first-order valence-electron chi connectivity index (χ1n) is 10.4. The minimum atomic E-state index is -3.31. The van der Waals surface area contributed by atoms with E-state index in [0.717, 1.165) is 23.6 Å². The summed E-state index contributed by atoms with van der Waals surface area (Å²) in [5.41, 5.74) is 3.44. The van der Waals surface area contributed by atoms with Crippen LogP contribution in [0, 0.1) is 0 Å². The van der Waals surface area contributed by atoms with Crippen molar-refractivity contribution < 1.29 is 8.42 Å². The second kappa shape index (κ2) is 9.62. The molecule has 2 aromatic carbocycles. The number of hydrogen-bond donors (Lipinski definition) is 3. The van der Waals surface area contributed by atoms with E-state index in [2.05, 4.69) is 50.7 Å². The number of nitrogens with zero attached hydrogens (tertiary/aromatic N) is 1. The molecule has 0 radical (unpaired) electrons. The summed E-state index contributed by atoms with van der Waals surface area (Å²) in [6.45, 7) is 5.11. The molecular weight excluding hydrogens is 396 g/mol. The van der Waals surface area contributed by atoms with Crippen molar-refractivity contribution in [3.8, 4) is 0 Å². The molecule has 0 saturated heterocycles. The Morgan fingerprint density at radius 2 is 1.63 bits per heavy atom. The molecule has 0 heterocycles. The predicted octanol–water partition coefficient (Wildman–Crippen LogP) is 2.91. The number of sulfonamides is 1. The van der Waals surface area contributed by atoms with Gasteiger partial charge in [-0.1, -0.05) is 54.6 Å². The van der Waals surface area contributed by atoms with Crippen LogP contribution in [0.4, 0.5) is 0 Å². The lowest BCUT2D eigenvalue weighted by atomic mass is 9.96. The van der Waals surface area contributed by atoms with Gasteiger partial charge in [0.2, 0.25) is 10.0 Å². The topological polar surface area (TPSA) is 82.6 Å². The van der Waals surface area contributed by atoms with Crippen LogP contribution in [0.25, 0.3) is 0 Å². The zero-order valence-corrected chi connectivity index (χ0v) is 18.8. The largest absolute Gasteiger partial charge is 0.356 e. The van der Waals surface area contributed by atoms with Gasteiger partial charge in [0, 0.05) is 31.6 Å². The first kappa shape index (κ1) is 22.3. The van der Waals surface area contributed by atoms with Crippen LogP contribution in [0.5, 0.6) is 0 Å². The van der Waals surface area contributed by atoms with E-state index in [1.807, 2.05) is 38.1 Å². The Morgan fingerprint density at radius 3 is 2.20 bits per heavy atom. The molecule has 7 heteroatoms. The maximum absolute atomic E-state index is 12.1. The fraction of sp³-hybridized carbons (Fsp3) is 0.435. The van der Waals surface area contributed by atoms with Crippen molar-refractivity contribution in [3.63, 3.8) is 0 Å². The number of nitrogens with one attached hydrogen (secondary N) is 3. The monoisotopic (exact) mass is 428 g/mol. The van der Waals surface area contributed by atoms with E-state index in [-0.39, 0.29) is 17.2 Å². The molecule has 2 aromatic rings. The van der Waals surface area contributed by atoms with Crippen LogP contribution in [-0.4, -0.2) is 34.0 Å². The minimum Gasteiger partial charge on any atom is -0.356 e. The van der Waals surface area contributed by atoms with Gasteiger partial charge in [0.15, 0.2) is 5.96 Å². The van der Waals surface area contributed by atoms with Crippen LogP contribution in [0.15, 0.2) is 59.6 Å². The van der Waals surface area contributed by atoms with Crippen molar-refractivity contribution in [2.24, 2.45) is 4.99 Å². The van der Waals surface area contributed by atoms with Crippen molar-refractivity contribution in [2.45, 2.75) is 50.4 Å². The van der Waals surface area contributed by atoms with E-state index in [1.165, 1.54) is 18.4 Å². The Morgan fingerprint density at radius 1 is 1.00 bits per heavy atom. The maximum Gasteiger partial charge on any atom is 0.216 e. The molecule has 162 valence electrons. The van der Waals surface area contributed by atoms with Crippen molar-refractivity contribution in [1.29, 1.82) is 0 Å². The first-order valence-corrected chi connectivity index (χ1v) is 12.0. The highest BCUT2D eigenvalue weighted by molar-refractivity contribution is 7.88. The van der Waals surface area contributed by atoms with Gasteiger partial charge in [-0.05, 0) is 43.4 Å². The third kappa shape index (κ3) is 6.31. The van der Waals surface area contributed by atoms with E-state index < -0.39 is 10.0 Å². The van der Waals surface area contributed by atoms with Crippen LogP contribution in [0.1, 0.15) is 43.4 Å². The van der Waals surface area contributed by atoms with Gasteiger partial charge in [-0.25, -0.2) is 13.1 Å². The molecule has 0 spiro atoms. The Labute approximate surface area is 180 Å². The number of guanidine groups is 1. The Balaban J connectivity index is 1.49. The Bertz CT molecular complexity index is 950. The number of hydrogen-bond acceptors (Lipinski definition) is 3. The highest BCUT2D eigenvalue weighted by Crippen LogP contribution is 2.47. The van der Waals surface area contributed by atoms with E-state index in [4.69, 9.17) is 0 Å². The van der Waals surface area contributed by atoms with Gasteiger partial charge in [-0.2, -0.15) is 0 Å². The van der Waals surface area contributed by atoms with Crippen LogP contribution >= 0.6 is 0 Å². The Hall–Kier alpha value is -2.38. The first-order chi connectivity index (χ1) is 14.3. The molecule has 6 nitrogen and oxygen atoms in total. The molecule has 3 N–H and O–H groups in total. The molecule has 0 amide bonds. The average Bonchev–Trinajstić information content (AvgIpc) is 3.50. The second-order valence-electron chi connectivity index (χ2n) is 8.27. The predicted molar refractivity (Wildman–Crippen MR) is 123 cm³/mol. The molecule has 0 unspecified atom stereocenters. The van der Waals surface area contributed by atoms with Crippen molar-refractivity contribution in [3.05, 3.63) is 71.3 Å². The molecule has 3 rings (SSSR count). The molecule has 1 saturated carbocycles. The van der Waals surface area contributed by atoms with Gasteiger partial charge >= 0.3 is 0 Å². The van der Waals surface area contributed by atoms with Gasteiger partial charge < -0.3 is 10.6 Å². The summed E-state index contributed by atoms with van der Waals surface area (Å²) in [6, 6.07) is 18.2. The molecule has 0 bridgehead atoms. The minimum absolute atomic E-state index is 0.0102. The molecule has 1 aliphatic rings.